The van der Waals surface area contributed by atoms with Crippen molar-refractivity contribution in [3.8, 4) is 0 Å². The van der Waals surface area contributed by atoms with E-state index in [0.717, 1.165) is 31.4 Å². The number of carbonyl (C=O) groups excluding carboxylic acids is 1. The quantitative estimate of drug-likeness (QED) is 0.883. The molecule has 6 heteroatoms. The second-order valence-corrected chi connectivity index (χ2v) is 6.53. The van der Waals surface area contributed by atoms with Gasteiger partial charge in [-0.1, -0.05) is 12.8 Å². The van der Waals surface area contributed by atoms with Gasteiger partial charge in [0.05, 0.1) is 0 Å². The Bertz CT molecular complexity index is 602. The highest BCUT2D eigenvalue weighted by Gasteiger charge is 2.27. The van der Waals surface area contributed by atoms with Crippen molar-refractivity contribution in [2.45, 2.75) is 57.5 Å². The average Bonchev–Trinajstić information content (AvgIpc) is 3.32. The van der Waals surface area contributed by atoms with E-state index in [0.29, 0.717) is 24.2 Å². The second-order valence-electron chi connectivity index (χ2n) is 6.53. The lowest BCUT2D eigenvalue weighted by Gasteiger charge is -2.17. The summed E-state index contributed by atoms with van der Waals surface area (Å²) < 4.78 is 1.71. The van der Waals surface area contributed by atoms with Gasteiger partial charge < -0.3 is 15.2 Å². The number of rotatable bonds is 4. The molecule has 1 amide bonds. The molecule has 1 atom stereocenters. The summed E-state index contributed by atoms with van der Waals surface area (Å²) in [5.74, 6) is -0.233. The molecule has 2 N–H and O–H groups in total. The van der Waals surface area contributed by atoms with Gasteiger partial charge in [-0.05, 0) is 50.8 Å². The highest BCUT2D eigenvalue weighted by molar-refractivity contribution is 5.95. The molecule has 1 aromatic heterocycles. The van der Waals surface area contributed by atoms with Crippen LogP contribution < -0.4 is 16.2 Å². The Hall–Kier alpha value is -1.33. The summed E-state index contributed by atoms with van der Waals surface area (Å²) in [6, 6.07) is 2.49. The molecule has 1 unspecified atom stereocenters. The molecule has 23 heavy (non-hydrogen) atoms. The van der Waals surface area contributed by atoms with Crippen molar-refractivity contribution in [3.63, 3.8) is 0 Å². The largest absolute Gasteiger partial charge is 0.350 e. The molecule has 0 spiro atoms. The Labute approximate surface area is 143 Å². The predicted octanol–water partition coefficient (Wildman–Crippen LogP) is 2.18. The number of nitrogens with one attached hydrogen (secondary N) is 2. The Morgan fingerprint density at radius 3 is 2.83 bits per heavy atom. The Morgan fingerprint density at radius 2 is 2.09 bits per heavy atom. The van der Waals surface area contributed by atoms with E-state index in [-0.39, 0.29) is 23.9 Å². The number of carbonyl (C=O) groups is 1. The van der Waals surface area contributed by atoms with Gasteiger partial charge in [-0.25, -0.2) is 0 Å². The van der Waals surface area contributed by atoms with Crippen molar-refractivity contribution >= 4 is 18.3 Å². The lowest BCUT2D eigenvalue weighted by Crippen LogP contribution is -2.42. The lowest BCUT2D eigenvalue weighted by atomic mass is 10.1. The molecule has 1 aliphatic carbocycles. The first-order chi connectivity index (χ1) is 10.7. The van der Waals surface area contributed by atoms with Gasteiger partial charge in [-0.15, -0.1) is 12.4 Å². The molecule has 128 valence electrons. The number of nitrogens with zero attached hydrogens (tertiary/aromatic N) is 1. The van der Waals surface area contributed by atoms with Gasteiger partial charge in [0.2, 0.25) is 0 Å². The molecule has 2 fully saturated rings. The van der Waals surface area contributed by atoms with Crippen LogP contribution in [0.3, 0.4) is 0 Å². The van der Waals surface area contributed by atoms with Crippen molar-refractivity contribution < 1.29 is 4.79 Å². The van der Waals surface area contributed by atoms with Crippen molar-refractivity contribution in [1.29, 1.82) is 0 Å². The standard InChI is InChI=1S/C17H25N3O2.ClH/c1-12-8-10-20(14-6-7-14)17(22)15(12)16(21)19-11-13-5-3-2-4-9-18-13;/h8,10,13-14,18H,2-7,9,11H2,1H3,(H,19,21);1H. The fourth-order valence-electron chi connectivity index (χ4n) is 3.14. The molecule has 0 radical (unpaired) electrons. The summed E-state index contributed by atoms with van der Waals surface area (Å²) in [7, 11) is 0. The maximum Gasteiger partial charge on any atom is 0.263 e. The van der Waals surface area contributed by atoms with Crippen LogP contribution in [-0.2, 0) is 0 Å². The fraction of sp³-hybridized carbons (Fsp3) is 0.647. The van der Waals surface area contributed by atoms with E-state index in [9.17, 15) is 9.59 Å². The van der Waals surface area contributed by atoms with E-state index >= 15 is 0 Å². The van der Waals surface area contributed by atoms with Gasteiger partial charge in [0.15, 0.2) is 0 Å². The smallest absolute Gasteiger partial charge is 0.263 e. The fourth-order valence-corrected chi connectivity index (χ4v) is 3.14. The van der Waals surface area contributed by atoms with Gasteiger partial charge in [0.1, 0.15) is 5.56 Å². The van der Waals surface area contributed by atoms with Crippen molar-refractivity contribution in [2.75, 3.05) is 13.1 Å². The summed E-state index contributed by atoms with van der Waals surface area (Å²) in [5.41, 5.74) is 0.921. The highest BCUT2D eigenvalue weighted by atomic mass is 35.5. The maximum absolute atomic E-state index is 12.5. The monoisotopic (exact) mass is 339 g/mol. The number of aromatic nitrogens is 1. The number of hydrogen-bond acceptors (Lipinski definition) is 3. The molecular weight excluding hydrogens is 314 g/mol. The number of pyridine rings is 1. The van der Waals surface area contributed by atoms with Crippen molar-refractivity contribution in [1.82, 2.24) is 15.2 Å². The average molecular weight is 340 g/mol. The predicted molar refractivity (Wildman–Crippen MR) is 93.5 cm³/mol. The van der Waals surface area contributed by atoms with Crippen LogP contribution in [0.15, 0.2) is 17.1 Å². The van der Waals surface area contributed by atoms with Gasteiger partial charge in [0.25, 0.3) is 11.5 Å². The Morgan fingerprint density at radius 1 is 1.30 bits per heavy atom. The third-order valence-corrected chi connectivity index (χ3v) is 4.67. The molecule has 5 nitrogen and oxygen atoms in total. The van der Waals surface area contributed by atoms with E-state index in [1.165, 1.54) is 19.3 Å². The zero-order valence-corrected chi connectivity index (χ0v) is 14.5. The maximum atomic E-state index is 12.5. The summed E-state index contributed by atoms with van der Waals surface area (Å²) >= 11 is 0. The Kier molecular flexibility index (Phi) is 6.25. The van der Waals surface area contributed by atoms with E-state index in [1.807, 2.05) is 19.2 Å². The molecule has 2 heterocycles. The molecule has 1 aliphatic heterocycles. The topological polar surface area (TPSA) is 63.1 Å². The van der Waals surface area contributed by atoms with Crippen LogP contribution in [0.1, 0.15) is 60.5 Å². The minimum Gasteiger partial charge on any atom is -0.350 e. The number of halogens is 1. The minimum atomic E-state index is -0.233. The first-order valence-electron chi connectivity index (χ1n) is 8.40. The van der Waals surface area contributed by atoms with Crippen LogP contribution in [0, 0.1) is 6.92 Å². The van der Waals surface area contributed by atoms with E-state index in [4.69, 9.17) is 0 Å². The minimum absolute atomic E-state index is 0. The number of aryl methyl sites for hydroxylation is 1. The zero-order valence-electron chi connectivity index (χ0n) is 13.6. The van der Waals surface area contributed by atoms with Crippen molar-refractivity contribution in [3.05, 3.63) is 33.7 Å². The number of hydrogen-bond donors (Lipinski definition) is 2. The van der Waals surface area contributed by atoms with Gasteiger partial charge in [-0.3, -0.25) is 9.59 Å². The molecule has 0 bridgehead atoms. The van der Waals surface area contributed by atoms with Crippen LogP contribution in [0.25, 0.3) is 0 Å². The van der Waals surface area contributed by atoms with E-state index in [2.05, 4.69) is 10.6 Å². The highest BCUT2D eigenvalue weighted by Crippen LogP contribution is 2.33. The van der Waals surface area contributed by atoms with Crippen LogP contribution in [0.5, 0.6) is 0 Å². The van der Waals surface area contributed by atoms with Gasteiger partial charge >= 0.3 is 0 Å². The first-order valence-corrected chi connectivity index (χ1v) is 8.40. The summed E-state index contributed by atoms with van der Waals surface area (Å²) in [5, 5.41) is 6.41. The third kappa shape index (κ3) is 4.36. The van der Waals surface area contributed by atoms with E-state index < -0.39 is 0 Å². The molecule has 1 saturated heterocycles. The van der Waals surface area contributed by atoms with Gasteiger partial charge in [-0.2, -0.15) is 0 Å². The van der Waals surface area contributed by atoms with Crippen LogP contribution in [-0.4, -0.2) is 29.6 Å². The summed E-state index contributed by atoms with van der Waals surface area (Å²) in [4.78, 5) is 25.0. The van der Waals surface area contributed by atoms with Crippen molar-refractivity contribution in [2.24, 2.45) is 0 Å². The van der Waals surface area contributed by atoms with Crippen LogP contribution in [0.2, 0.25) is 0 Å². The molecule has 1 aromatic rings. The Balaban J connectivity index is 0.00000192. The van der Waals surface area contributed by atoms with Crippen LogP contribution in [0.4, 0.5) is 0 Å². The molecule has 2 aliphatic rings. The lowest BCUT2D eigenvalue weighted by molar-refractivity contribution is 0.0946. The molecule has 0 aromatic carbocycles. The molecule has 1 saturated carbocycles. The summed E-state index contributed by atoms with van der Waals surface area (Å²) in [6.45, 7) is 3.44. The zero-order chi connectivity index (χ0) is 15.5. The van der Waals surface area contributed by atoms with E-state index in [1.54, 1.807) is 4.57 Å². The molecule has 3 rings (SSSR count). The SMILES string of the molecule is Cc1ccn(C2CC2)c(=O)c1C(=O)NCC1CCCCCN1.Cl. The first kappa shape index (κ1) is 18.0. The normalized spacial score (nSPS) is 21.2. The molecular formula is C17H26ClN3O2. The number of amides is 1. The third-order valence-electron chi connectivity index (χ3n) is 4.67. The summed E-state index contributed by atoms with van der Waals surface area (Å²) in [6.07, 6.45) is 8.63. The second kappa shape index (κ2) is 7.97. The van der Waals surface area contributed by atoms with Crippen LogP contribution >= 0.6 is 12.4 Å². The van der Waals surface area contributed by atoms with Gasteiger partial charge in [0, 0.05) is 24.8 Å².